The summed E-state index contributed by atoms with van der Waals surface area (Å²) in [6.45, 7) is 4.64. The summed E-state index contributed by atoms with van der Waals surface area (Å²) in [6, 6.07) is 9.13. The van der Waals surface area contributed by atoms with Gasteiger partial charge in [-0.15, -0.1) is 0 Å². The molecular weight excluding hydrogens is 434 g/mol. The van der Waals surface area contributed by atoms with E-state index < -0.39 is 11.4 Å². The summed E-state index contributed by atoms with van der Waals surface area (Å²) in [6.07, 6.45) is 5.33. The second kappa shape index (κ2) is 9.87. The molecule has 2 N–H and O–H groups in total. The Kier molecular flexibility index (Phi) is 6.90. The van der Waals surface area contributed by atoms with Gasteiger partial charge in [0.1, 0.15) is 17.0 Å². The number of ether oxygens (including phenoxy) is 1. The number of nitrogens with one attached hydrogen (secondary N) is 2. The van der Waals surface area contributed by atoms with Crippen molar-refractivity contribution in [2.75, 3.05) is 13.7 Å². The van der Waals surface area contributed by atoms with Crippen molar-refractivity contribution in [2.45, 2.75) is 70.6 Å². The third kappa shape index (κ3) is 4.64. The summed E-state index contributed by atoms with van der Waals surface area (Å²) >= 11 is 0. The fourth-order valence-corrected chi connectivity index (χ4v) is 4.64. The van der Waals surface area contributed by atoms with Crippen LogP contribution < -0.4 is 15.4 Å². The van der Waals surface area contributed by atoms with Crippen LogP contribution in [0.4, 0.5) is 0 Å². The largest absolute Gasteiger partial charge is 0.494 e. The second-order valence-electron chi connectivity index (χ2n) is 9.24. The van der Waals surface area contributed by atoms with Gasteiger partial charge in [0.25, 0.3) is 11.8 Å². The fourth-order valence-electron chi connectivity index (χ4n) is 4.64. The summed E-state index contributed by atoms with van der Waals surface area (Å²) in [4.78, 5) is 40.6. The van der Waals surface area contributed by atoms with Crippen molar-refractivity contribution in [3.63, 3.8) is 0 Å². The molecule has 0 unspecified atom stereocenters. The van der Waals surface area contributed by atoms with Crippen LogP contribution in [0.1, 0.15) is 72.5 Å². The Bertz CT molecular complexity index is 1080. The molecule has 1 fully saturated rings. The van der Waals surface area contributed by atoms with E-state index in [1.807, 2.05) is 31.2 Å². The first-order valence-electron chi connectivity index (χ1n) is 12.0. The lowest BCUT2D eigenvalue weighted by Gasteiger charge is -2.41. The van der Waals surface area contributed by atoms with Crippen molar-refractivity contribution < 1.29 is 19.1 Å². The van der Waals surface area contributed by atoms with Gasteiger partial charge in [-0.25, -0.2) is 0 Å². The number of hydrogen-bond acceptors (Lipinski definition) is 5. The summed E-state index contributed by atoms with van der Waals surface area (Å²) in [7, 11) is 1.63. The van der Waals surface area contributed by atoms with E-state index in [-0.39, 0.29) is 36.6 Å². The summed E-state index contributed by atoms with van der Waals surface area (Å²) < 4.78 is 7.09. The normalized spacial score (nSPS) is 20.6. The number of carbonyl (C=O) groups is 3. The monoisotopic (exact) mass is 467 g/mol. The van der Waals surface area contributed by atoms with Gasteiger partial charge in [0.2, 0.25) is 5.91 Å². The van der Waals surface area contributed by atoms with Crippen molar-refractivity contribution >= 4 is 17.7 Å². The second-order valence-corrected chi connectivity index (χ2v) is 9.24. The number of likely N-dealkylation sites (N-methyl/N-ethyl adjacent to an activating group) is 1. The minimum absolute atomic E-state index is 0.140. The molecule has 2 aromatic rings. The molecule has 1 aliphatic heterocycles. The van der Waals surface area contributed by atoms with Crippen LogP contribution in [0.15, 0.2) is 30.3 Å². The Balaban J connectivity index is 1.47. The number of fused-ring (bicyclic) bond motifs is 1. The molecule has 4 rings (SSSR count). The van der Waals surface area contributed by atoms with Crippen molar-refractivity contribution in [3.05, 3.63) is 47.3 Å². The van der Waals surface area contributed by atoms with Crippen LogP contribution in [0.25, 0.3) is 0 Å². The van der Waals surface area contributed by atoms with Gasteiger partial charge in [0.15, 0.2) is 5.69 Å². The van der Waals surface area contributed by atoms with Crippen LogP contribution >= 0.6 is 0 Å². The molecule has 0 spiro atoms. The minimum Gasteiger partial charge on any atom is -0.494 e. The molecular formula is C25H33N5O4. The van der Waals surface area contributed by atoms with Gasteiger partial charge in [-0.2, -0.15) is 5.10 Å². The van der Waals surface area contributed by atoms with Crippen LogP contribution in [-0.4, -0.2) is 57.6 Å². The first-order chi connectivity index (χ1) is 16.3. The van der Waals surface area contributed by atoms with Gasteiger partial charge >= 0.3 is 0 Å². The van der Waals surface area contributed by atoms with Gasteiger partial charge in [-0.3, -0.25) is 19.1 Å². The number of amides is 3. The van der Waals surface area contributed by atoms with Crippen LogP contribution in [0.2, 0.25) is 0 Å². The van der Waals surface area contributed by atoms with Crippen molar-refractivity contribution in [2.24, 2.45) is 0 Å². The zero-order chi connectivity index (χ0) is 24.3. The molecule has 1 aromatic carbocycles. The van der Waals surface area contributed by atoms with Gasteiger partial charge in [0, 0.05) is 31.3 Å². The molecule has 1 atom stereocenters. The Morgan fingerprint density at radius 2 is 1.94 bits per heavy atom. The molecule has 1 saturated carbocycles. The number of rotatable bonds is 7. The summed E-state index contributed by atoms with van der Waals surface area (Å²) in [5.74, 6) is -0.196. The van der Waals surface area contributed by atoms with Crippen molar-refractivity contribution in [3.8, 4) is 5.75 Å². The minimum atomic E-state index is -1.09. The van der Waals surface area contributed by atoms with Gasteiger partial charge < -0.3 is 20.3 Å². The van der Waals surface area contributed by atoms with Crippen LogP contribution in [0.3, 0.4) is 0 Å². The maximum Gasteiger partial charge on any atom is 0.272 e. The molecule has 3 amide bonds. The van der Waals surface area contributed by atoms with E-state index in [2.05, 4.69) is 15.7 Å². The smallest absolute Gasteiger partial charge is 0.272 e. The maximum atomic E-state index is 13.2. The van der Waals surface area contributed by atoms with Crippen LogP contribution in [-0.2, 0) is 17.9 Å². The first kappa shape index (κ1) is 23.8. The molecule has 9 heteroatoms. The average molecular weight is 468 g/mol. The van der Waals surface area contributed by atoms with E-state index in [1.165, 1.54) is 22.1 Å². The van der Waals surface area contributed by atoms with Gasteiger partial charge in [-0.1, -0.05) is 37.5 Å². The molecule has 182 valence electrons. The summed E-state index contributed by atoms with van der Waals surface area (Å²) in [5, 5.41) is 10.4. The third-order valence-corrected chi connectivity index (χ3v) is 6.88. The predicted molar refractivity (Wildman–Crippen MR) is 127 cm³/mol. The lowest BCUT2D eigenvalue weighted by molar-refractivity contribution is -0.133. The number of carbonyl (C=O) groups excluding carboxylic acids is 3. The number of aromatic nitrogens is 2. The zero-order valence-electron chi connectivity index (χ0n) is 20.1. The van der Waals surface area contributed by atoms with Crippen LogP contribution in [0.5, 0.6) is 5.75 Å². The highest BCUT2D eigenvalue weighted by Crippen LogP contribution is 2.27. The third-order valence-electron chi connectivity index (χ3n) is 6.88. The molecule has 1 aliphatic carbocycles. The number of nitrogens with zero attached hydrogens (tertiary/aromatic N) is 3. The van der Waals surface area contributed by atoms with Gasteiger partial charge in [0.05, 0.1) is 13.2 Å². The summed E-state index contributed by atoms with van der Waals surface area (Å²) in [5.41, 5.74) is 0.204. The zero-order valence-corrected chi connectivity index (χ0v) is 20.1. The first-order valence-corrected chi connectivity index (χ1v) is 12.0. The Hall–Kier alpha value is -3.36. The molecule has 2 heterocycles. The molecule has 9 nitrogen and oxygen atoms in total. The molecule has 2 aliphatic rings. The predicted octanol–water partition coefficient (Wildman–Crippen LogP) is 2.50. The Labute approximate surface area is 199 Å². The highest BCUT2D eigenvalue weighted by molar-refractivity contribution is 6.01. The van der Waals surface area contributed by atoms with E-state index >= 15 is 0 Å². The highest BCUT2D eigenvalue weighted by Gasteiger charge is 2.46. The Morgan fingerprint density at radius 1 is 1.21 bits per heavy atom. The number of hydrogen-bond donors (Lipinski definition) is 2. The lowest BCUT2D eigenvalue weighted by Crippen LogP contribution is -2.63. The van der Waals surface area contributed by atoms with E-state index in [9.17, 15) is 14.4 Å². The number of benzene rings is 1. The molecule has 0 radical (unpaired) electrons. The molecule has 0 saturated heterocycles. The van der Waals surface area contributed by atoms with Crippen LogP contribution in [0, 0.1) is 0 Å². The number of para-hydroxylation sites is 1. The van der Waals surface area contributed by atoms with Gasteiger partial charge in [-0.05, 0) is 32.8 Å². The topological polar surface area (TPSA) is 106 Å². The molecule has 0 bridgehead atoms. The standard InChI is InChI=1S/C25H33N5O4/c1-4-34-21-13-9-8-10-17(21)15-26-22(31)19-14-20-23(32)29(3)25(2,16-30(20)28-19)24(33)27-18-11-6-5-7-12-18/h8-10,13-14,18H,4-7,11-12,15-16H2,1-3H3,(H,26,31)(H,27,33)/t25-/m0/s1. The molecule has 1 aromatic heterocycles. The van der Waals surface area contributed by atoms with E-state index in [0.29, 0.717) is 18.1 Å². The maximum absolute atomic E-state index is 13.2. The average Bonchev–Trinajstić information content (AvgIpc) is 3.26. The van der Waals surface area contributed by atoms with Crippen molar-refractivity contribution in [1.82, 2.24) is 25.3 Å². The highest BCUT2D eigenvalue weighted by atomic mass is 16.5. The molecule has 34 heavy (non-hydrogen) atoms. The fraction of sp³-hybridized carbons (Fsp3) is 0.520. The lowest BCUT2D eigenvalue weighted by atomic mass is 9.92. The quantitative estimate of drug-likeness (QED) is 0.651. The van der Waals surface area contributed by atoms with Crippen molar-refractivity contribution in [1.29, 1.82) is 0 Å². The van der Waals surface area contributed by atoms with E-state index in [4.69, 9.17) is 4.74 Å². The van der Waals surface area contributed by atoms with E-state index in [0.717, 1.165) is 31.2 Å². The SMILES string of the molecule is CCOc1ccccc1CNC(=O)c1cc2n(n1)C[C@@](C)(C(=O)NC1CCCCC1)N(C)C2=O. The van der Waals surface area contributed by atoms with E-state index in [1.54, 1.807) is 14.0 Å². The Morgan fingerprint density at radius 3 is 2.68 bits per heavy atom.